The van der Waals surface area contributed by atoms with Gasteiger partial charge in [-0.2, -0.15) is 13.2 Å². The molecular weight excluding hydrogens is 269 g/mol. The van der Waals surface area contributed by atoms with E-state index in [1.165, 1.54) is 13.0 Å². The lowest BCUT2D eigenvalue weighted by Crippen LogP contribution is -2.44. The molecule has 2 rings (SSSR count). The highest BCUT2D eigenvalue weighted by Crippen LogP contribution is 2.31. The fourth-order valence-electron chi connectivity index (χ4n) is 2.40. The Bertz CT molecular complexity index is 488. The first-order valence-corrected chi connectivity index (χ1v) is 6.55. The Morgan fingerprint density at radius 1 is 1.40 bits per heavy atom. The first kappa shape index (κ1) is 14.7. The van der Waals surface area contributed by atoms with Crippen LogP contribution in [0.15, 0.2) is 24.3 Å². The number of anilines is 1. The quantitative estimate of drug-likeness (QED) is 0.906. The molecule has 3 nitrogen and oxygen atoms in total. The summed E-state index contributed by atoms with van der Waals surface area (Å²) in [7, 11) is 0. The Kier molecular flexibility index (Phi) is 4.20. The maximum absolute atomic E-state index is 12.6. The second-order valence-corrected chi connectivity index (χ2v) is 5.03. The molecule has 6 heteroatoms. The van der Waals surface area contributed by atoms with Crippen molar-refractivity contribution in [2.45, 2.75) is 32.0 Å². The molecule has 1 fully saturated rings. The van der Waals surface area contributed by atoms with Crippen LogP contribution in [0.3, 0.4) is 0 Å². The Labute approximate surface area is 115 Å². The van der Waals surface area contributed by atoms with E-state index >= 15 is 0 Å². The molecule has 1 heterocycles. The Balaban J connectivity index is 2.04. The van der Waals surface area contributed by atoms with Crippen molar-refractivity contribution >= 4 is 11.6 Å². The number of alkyl halides is 3. The zero-order valence-corrected chi connectivity index (χ0v) is 11.2. The second kappa shape index (κ2) is 5.73. The van der Waals surface area contributed by atoms with E-state index in [9.17, 15) is 18.0 Å². The smallest absolute Gasteiger partial charge is 0.381 e. The molecule has 1 atom stereocenters. The summed E-state index contributed by atoms with van der Waals surface area (Å²) in [5.74, 6) is 0.000502. The first-order chi connectivity index (χ1) is 9.36. The van der Waals surface area contributed by atoms with Crippen LogP contribution in [0.25, 0.3) is 0 Å². The van der Waals surface area contributed by atoms with Gasteiger partial charge in [-0.25, -0.2) is 0 Å². The minimum absolute atomic E-state index is 0.000502. The molecule has 1 amide bonds. The van der Waals surface area contributed by atoms with E-state index in [-0.39, 0.29) is 11.9 Å². The average molecular weight is 286 g/mol. The molecule has 1 unspecified atom stereocenters. The predicted molar refractivity (Wildman–Crippen MR) is 70.3 cm³/mol. The molecule has 0 spiro atoms. The summed E-state index contributed by atoms with van der Waals surface area (Å²) in [5.41, 5.74) is -0.225. The molecular formula is C14H17F3N2O. The summed E-state index contributed by atoms with van der Waals surface area (Å²) in [5, 5.41) is 3.08. The SMILES string of the molecule is CC(=O)N1CCCC(Nc2cccc(C(F)(F)F)c2)C1. The van der Waals surface area contributed by atoms with E-state index in [0.29, 0.717) is 12.2 Å². The molecule has 0 bridgehead atoms. The number of rotatable bonds is 2. The third kappa shape index (κ3) is 3.65. The fourth-order valence-corrected chi connectivity index (χ4v) is 2.40. The number of likely N-dealkylation sites (tertiary alicyclic amines) is 1. The maximum atomic E-state index is 12.6. The van der Waals surface area contributed by atoms with Gasteiger partial charge in [0.2, 0.25) is 5.91 Å². The van der Waals surface area contributed by atoms with Crippen LogP contribution >= 0.6 is 0 Å². The van der Waals surface area contributed by atoms with Gasteiger partial charge in [-0.05, 0) is 31.0 Å². The Hall–Kier alpha value is -1.72. The standard InChI is InChI=1S/C14H17F3N2O/c1-10(20)19-7-3-6-13(9-19)18-12-5-2-4-11(8-12)14(15,16)17/h2,4-5,8,13,18H,3,6-7,9H2,1H3. The minimum Gasteiger partial charge on any atom is -0.381 e. The summed E-state index contributed by atoms with van der Waals surface area (Å²) >= 11 is 0. The molecule has 1 aliphatic heterocycles. The molecule has 0 saturated carbocycles. The van der Waals surface area contributed by atoms with Crippen LogP contribution in [0.1, 0.15) is 25.3 Å². The van der Waals surface area contributed by atoms with Gasteiger partial charge in [0.25, 0.3) is 0 Å². The van der Waals surface area contributed by atoms with Gasteiger partial charge in [-0.1, -0.05) is 6.07 Å². The van der Waals surface area contributed by atoms with Crippen molar-refractivity contribution in [3.05, 3.63) is 29.8 Å². The number of hydrogen-bond donors (Lipinski definition) is 1. The van der Waals surface area contributed by atoms with Gasteiger partial charge in [0.05, 0.1) is 5.56 Å². The highest BCUT2D eigenvalue weighted by molar-refractivity contribution is 5.73. The number of carbonyl (C=O) groups excluding carboxylic acids is 1. The lowest BCUT2D eigenvalue weighted by Gasteiger charge is -2.33. The van der Waals surface area contributed by atoms with E-state index in [1.54, 1.807) is 11.0 Å². The number of nitrogens with zero attached hydrogens (tertiary/aromatic N) is 1. The molecule has 1 aliphatic rings. The normalized spacial score (nSPS) is 19.8. The van der Waals surface area contributed by atoms with Crippen molar-refractivity contribution in [2.24, 2.45) is 0 Å². The van der Waals surface area contributed by atoms with Gasteiger partial charge in [0.1, 0.15) is 0 Å². The van der Waals surface area contributed by atoms with E-state index in [4.69, 9.17) is 0 Å². The average Bonchev–Trinajstić information content (AvgIpc) is 2.38. The summed E-state index contributed by atoms with van der Waals surface area (Å²) in [6.07, 6.45) is -2.63. The van der Waals surface area contributed by atoms with Gasteiger partial charge in [-0.3, -0.25) is 4.79 Å². The molecule has 20 heavy (non-hydrogen) atoms. The summed E-state index contributed by atoms with van der Waals surface area (Å²) < 4.78 is 37.9. The second-order valence-electron chi connectivity index (χ2n) is 5.03. The first-order valence-electron chi connectivity index (χ1n) is 6.55. The van der Waals surface area contributed by atoms with Crippen LogP contribution in [-0.2, 0) is 11.0 Å². The van der Waals surface area contributed by atoms with Gasteiger partial charge in [0, 0.05) is 31.7 Å². The van der Waals surface area contributed by atoms with Gasteiger partial charge >= 0.3 is 6.18 Å². The highest BCUT2D eigenvalue weighted by Gasteiger charge is 2.30. The monoisotopic (exact) mass is 286 g/mol. The minimum atomic E-state index is -4.34. The molecule has 1 saturated heterocycles. The molecule has 1 aromatic carbocycles. The Morgan fingerprint density at radius 3 is 2.80 bits per heavy atom. The number of nitrogens with one attached hydrogen (secondary N) is 1. The van der Waals surface area contributed by atoms with Gasteiger partial charge in [-0.15, -0.1) is 0 Å². The number of amides is 1. The van der Waals surface area contributed by atoms with Crippen LogP contribution in [0.5, 0.6) is 0 Å². The molecule has 0 radical (unpaired) electrons. The van der Waals surface area contributed by atoms with E-state index < -0.39 is 11.7 Å². The topological polar surface area (TPSA) is 32.3 Å². The number of carbonyl (C=O) groups is 1. The van der Waals surface area contributed by atoms with E-state index in [2.05, 4.69) is 5.32 Å². The van der Waals surface area contributed by atoms with Crippen molar-refractivity contribution in [3.63, 3.8) is 0 Å². The lowest BCUT2D eigenvalue weighted by atomic mass is 10.0. The van der Waals surface area contributed by atoms with Crippen molar-refractivity contribution in [1.29, 1.82) is 0 Å². The zero-order chi connectivity index (χ0) is 14.8. The molecule has 110 valence electrons. The van der Waals surface area contributed by atoms with Crippen molar-refractivity contribution in [1.82, 2.24) is 4.90 Å². The van der Waals surface area contributed by atoms with Crippen LogP contribution in [-0.4, -0.2) is 29.9 Å². The van der Waals surface area contributed by atoms with E-state index in [1.807, 2.05) is 0 Å². The van der Waals surface area contributed by atoms with Crippen molar-refractivity contribution < 1.29 is 18.0 Å². The number of halogens is 3. The van der Waals surface area contributed by atoms with Gasteiger partial charge < -0.3 is 10.2 Å². The summed E-state index contributed by atoms with van der Waals surface area (Å²) in [4.78, 5) is 13.0. The molecule has 0 aromatic heterocycles. The Morgan fingerprint density at radius 2 is 2.15 bits per heavy atom. The highest BCUT2D eigenvalue weighted by atomic mass is 19.4. The van der Waals surface area contributed by atoms with Gasteiger partial charge in [0.15, 0.2) is 0 Å². The predicted octanol–water partition coefficient (Wildman–Crippen LogP) is 3.13. The van der Waals surface area contributed by atoms with Crippen molar-refractivity contribution in [2.75, 3.05) is 18.4 Å². The largest absolute Gasteiger partial charge is 0.416 e. The van der Waals surface area contributed by atoms with Crippen molar-refractivity contribution in [3.8, 4) is 0 Å². The summed E-state index contributed by atoms with van der Waals surface area (Å²) in [6.45, 7) is 2.76. The molecule has 0 aliphatic carbocycles. The number of hydrogen-bond acceptors (Lipinski definition) is 2. The third-order valence-corrected chi connectivity index (χ3v) is 3.43. The van der Waals surface area contributed by atoms with Crippen LogP contribution in [0.4, 0.5) is 18.9 Å². The number of piperidine rings is 1. The van der Waals surface area contributed by atoms with Crippen LogP contribution in [0.2, 0.25) is 0 Å². The number of benzene rings is 1. The molecule has 1 aromatic rings. The van der Waals surface area contributed by atoms with E-state index in [0.717, 1.165) is 31.5 Å². The maximum Gasteiger partial charge on any atom is 0.416 e. The molecule has 1 N–H and O–H groups in total. The van der Waals surface area contributed by atoms with Crippen LogP contribution in [0, 0.1) is 0 Å². The lowest BCUT2D eigenvalue weighted by molar-refractivity contribution is -0.137. The fraction of sp³-hybridized carbons (Fsp3) is 0.500. The zero-order valence-electron chi connectivity index (χ0n) is 11.2. The summed E-state index contributed by atoms with van der Waals surface area (Å²) in [6, 6.07) is 5.15. The van der Waals surface area contributed by atoms with Crippen LogP contribution < -0.4 is 5.32 Å². The third-order valence-electron chi connectivity index (χ3n) is 3.43.